The smallest absolute Gasteiger partial charge is 0.224 e. The Morgan fingerprint density at radius 2 is 1.95 bits per heavy atom. The Bertz CT molecular complexity index is 425. The van der Waals surface area contributed by atoms with Crippen molar-refractivity contribution in [2.45, 2.75) is 51.6 Å². The van der Waals surface area contributed by atoms with E-state index in [9.17, 15) is 4.79 Å². The van der Waals surface area contributed by atoms with Crippen LogP contribution in [-0.2, 0) is 17.8 Å². The topological polar surface area (TPSA) is 55.1 Å². The highest BCUT2D eigenvalue weighted by Gasteiger charge is 2.22. The molecule has 1 aromatic carbocycles. The van der Waals surface area contributed by atoms with Gasteiger partial charge in [0.2, 0.25) is 5.91 Å². The van der Waals surface area contributed by atoms with E-state index in [1.54, 1.807) is 0 Å². The molecule has 0 heterocycles. The molecule has 0 aromatic heterocycles. The Labute approximate surface area is 115 Å². The molecular formula is C16H24N2O. The summed E-state index contributed by atoms with van der Waals surface area (Å²) < 4.78 is 0. The molecule has 3 nitrogen and oxygen atoms in total. The number of hydrogen-bond donors (Lipinski definition) is 2. The van der Waals surface area contributed by atoms with E-state index in [-0.39, 0.29) is 5.91 Å². The lowest BCUT2D eigenvalue weighted by atomic mass is 9.99. The summed E-state index contributed by atoms with van der Waals surface area (Å²) in [5.41, 5.74) is 7.80. The molecule has 1 aliphatic carbocycles. The normalized spacial score (nSPS) is 17.4. The molecule has 0 radical (unpaired) electrons. The first kappa shape index (κ1) is 14.1. The van der Waals surface area contributed by atoms with Crippen molar-refractivity contribution in [2.24, 2.45) is 11.7 Å². The average Bonchev–Trinajstić information content (AvgIpc) is 2.93. The second-order valence-corrected chi connectivity index (χ2v) is 5.55. The molecule has 104 valence electrons. The van der Waals surface area contributed by atoms with Crippen molar-refractivity contribution in [1.82, 2.24) is 5.32 Å². The molecule has 0 spiro atoms. The molecular weight excluding hydrogens is 236 g/mol. The minimum atomic E-state index is 0.111. The van der Waals surface area contributed by atoms with Crippen LogP contribution in [0.5, 0.6) is 0 Å². The Kier molecular flexibility index (Phi) is 4.97. The zero-order valence-corrected chi connectivity index (χ0v) is 11.7. The predicted octanol–water partition coefficient (Wildman–Crippen LogP) is 2.38. The van der Waals surface area contributed by atoms with Crippen LogP contribution < -0.4 is 11.1 Å². The Balaban J connectivity index is 1.89. The molecule has 0 aliphatic heterocycles. The van der Waals surface area contributed by atoms with E-state index < -0.39 is 0 Å². The Morgan fingerprint density at radius 1 is 1.32 bits per heavy atom. The van der Waals surface area contributed by atoms with Crippen LogP contribution in [0, 0.1) is 5.92 Å². The zero-order valence-electron chi connectivity index (χ0n) is 11.7. The molecule has 1 aliphatic rings. The molecule has 1 atom stereocenters. The standard InChI is InChI=1S/C16H24N2O/c1-12(13-6-2-3-7-13)18-16(19)10-14-8-4-5-9-15(14)11-17/h4-5,8-9,12-13H,2-3,6-7,10-11,17H2,1H3,(H,18,19)/t12-/m1/s1. The monoisotopic (exact) mass is 260 g/mol. The number of nitrogens with two attached hydrogens (primary N) is 1. The van der Waals surface area contributed by atoms with E-state index in [2.05, 4.69) is 12.2 Å². The summed E-state index contributed by atoms with van der Waals surface area (Å²) in [6.07, 6.45) is 5.55. The summed E-state index contributed by atoms with van der Waals surface area (Å²) in [5.74, 6) is 0.772. The lowest BCUT2D eigenvalue weighted by Gasteiger charge is -2.20. The minimum Gasteiger partial charge on any atom is -0.353 e. The second-order valence-electron chi connectivity index (χ2n) is 5.55. The van der Waals surface area contributed by atoms with Crippen LogP contribution in [0.15, 0.2) is 24.3 Å². The molecule has 2 rings (SSSR count). The second kappa shape index (κ2) is 6.71. The van der Waals surface area contributed by atoms with Crippen molar-refractivity contribution < 1.29 is 4.79 Å². The van der Waals surface area contributed by atoms with Crippen LogP contribution in [0.2, 0.25) is 0 Å². The van der Waals surface area contributed by atoms with Crippen LogP contribution in [-0.4, -0.2) is 11.9 Å². The summed E-state index contributed by atoms with van der Waals surface area (Å²) in [6.45, 7) is 2.62. The number of carbonyl (C=O) groups excluding carboxylic acids is 1. The maximum atomic E-state index is 12.1. The van der Waals surface area contributed by atoms with Gasteiger partial charge in [0.1, 0.15) is 0 Å². The zero-order chi connectivity index (χ0) is 13.7. The molecule has 1 saturated carbocycles. The van der Waals surface area contributed by atoms with Crippen molar-refractivity contribution >= 4 is 5.91 Å². The van der Waals surface area contributed by atoms with Crippen molar-refractivity contribution in [2.75, 3.05) is 0 Å². The molecule has 0 bridgehead atoms. The van der Waals surface area contributed by atoms with Gasteiger partial charge in [0.25, 0.3) is 0 Å². The largest absolute Gasteiger partial charge is 0.353 e. The molecule has 3 heteroatoms. The quantitative estimate of drug-likeness (QED) is 0.854. The van der Waals surface area contributed by atoms with Gasteiger partial charge in [-0.05, 0) is 36.8 Å². The van der Waals surface area contributed by atoms with E-state index >= 15 is 0 Å². The fourth-order valence-corrected chi connectivity index (χ4v) is 2.98. The van der Waals surface area contributed by atoms with E-state index in [4.69, 9.17) is 5.73 Å². The number of nitrogens with one attached hydrogen (secondary N) is 1. The number of hydrogen-bond acceptors (Lipinski definition) is 2. The van der Waals surface area contributed by atoms with Gasteiger partial charge in [-0.2, -0.15) is 0 Å². The van der Waals surface area contributed by atoms with E-state index in [1.807, 2.05) is 24.3 Å². The summed E-state index contributed by atoms with van der Waals surface area (Å²) in [4.78, 5) is 12.1. The highest BCUT2D eigenvalue weighted by Crippen LogP contribution is 2.27. The highest BCUT2D eigenvalue weighted by atomic mass is 16.1. The summed E-state index contributed by atoms with van der Waals surface area (Å²) in [7, 11) is 0. The first-order chi connectivity index (χ1) is 9.20. The van der Waals surface area contributed by atoms with Gasteiger partial charge in [0.05, 0.1) is 6.42 Å². The highest BCUT2D eigenvalue weighted by molar-refractivity contribution is 5.79. The van der Waals surface area contributed by atoms with Crippen molar-refractivity contribution in [1.29, 1.82) is 0 Å². The molecule has 1 aromatic rings. The van der Waals surface area contributed by atoms with Gasteiger partial charge in [-0.15, -0.1) is 0 Å². The number of amides is 1. The first-order valence-electron chi connectivity index (χ1n) is 7.27. The van der Waals surface area contributed by atoms with Gasteiger partial charge in [-0.1, -0.05) is 37.1 Å². The average molecular weight is 260 g/mol. The van der Waals surface area contributed by atoms with E-state index in [1.165, 1.54) is 25.7 Å². The van der Waals surface area contributed by atoms with Crippen LogP contribution in [0.4, 0.5) is 0 Å². The summed E-state index contributed by atoms with van der Waals surface area (Å²) >= 11 is 0. The van der Waals surface area contributed by atoms with E-state index in [0.717, 1.165) is 11.1 Å². The third kappa shape index (κ3) is 3.80. The van der Waals surface area contributed by atoms with Crippen molar-refractivity contribution in [3.8, 4) is 0 Å². The van der Waals surface area contributed by atoms with Gasteiger partial charge in [-0.3, -0.25) is 4.79 Å². The van der Waals surface area contributed by atoms with Crippen LogP contribution in [0.1, 0.15) is 43.7 Å². The molecule has 1 fully saturated rings. The lowest BCUT2D eigenvalue weighted by Crippen LogP contribution is -2.38. The van der Waals surface area contributed by atoms with Crippen LogP contribution in [0.3, 0.4) is 0 Å². The Hall–Kier alpha value is -1.35. The molecule has 0 saturated heterocycles. The third-order valence-electron chi connectivity index (χ3n) is 4.18. The minimum absolute atomic E-state index is 0.111. The van der Waals surface area contributed by atoms with Crippen molar-refractivity contribution in [3.05, 3.63) is 35.4 Å². The SMILES string of the molecule is C[C@@H](NC(=O)Cc1ccccc1CN)C1CCCC1. The molecule has 0 unspecified atom stereocenters. The Morgan fingerprint density at radius 3 is 2.58 bits per heavy atom. The lowest BCUT2D eigenvalue weighted by molar-refractivity contribution is -0.121. The maximum Gasteiger partial charge on any atom is 0.224 e. The predicted molar refractivity (Wildman–Crippen MR) is 77.6 cm³/mol. The number of rotatable bonds is 5. The molecule has 1 amide bonds. The number of benzene rings is 1. The van der Waals surface area contributed by atoms with E-state index in [0.29, 0.717) is 24.9 Å². The first-order valence-corrected chi connectivity index (χ1v) is 7.27. The van der Waals surface area contributed by atoms with Gasteiger partial charge in [-0.25, -0.2) is 0 Å². The maximum absolute atomic E-state index is 12.1. The van der Waals surface area contributed by atoms with Gasteiger partial charge < -0.3 is 11.1 Å². The van der Waals surface area contributed by atoms with Gasteiger partial charge in [0, 0.05) is 12.6 Å². The van der Waals surface area contributed by atoms with Crippen LogP contribution >= 0.6 is 0 Å². The fourth-order valence-electron chi connectivity index (χ4n) is 2.98. The fraction of sp³-hybridized carbons (Fsp3) is 0.562. The summed E-state index contributed by atoms with van der Waals surface area (Å²) in [5, 5.41) is 3.14. The third-order valence-corrected chi connectivity index (χ3v) is 4.18. The molecule has 19 heavy (non-hydrogen) atoms. The molecule has 3 N–H and O–H groups in total. The van der Waals surface area contributed by atoms with Gasteiger partial charge in [0.15, 0.2) is 0 Å². The summed E-state index contributed by atoms with van der Waals surface area (Å²) in [6, 6.07) is 8.19. The van der Waals surface area contributed by atoms with Crippen molar-refractivity contribution in [3.63, 3.8) is 0 Å². The number of carbonyl (C=O) groups is 1. The van der Waals surface area contributed by atoms with Crippen LogP contribution in [0.25, 0.3) is 0 Å². The van der Waals surface area contributed by atoms with Gasteiger partial charge >= 0.3 is 0 Å².